The Morgan fingerprint density at radius 3 is 2.69 bits per heavy atom. The molecular formula is C11H22N4O. The van der Waals surface area contributed by atoms with Crippen LogP contribution >= 0.6 is 0 Å². The zero-order valence-corrected chi connectivity index (χ0v) is 10.3. The first-order chi connectivity index (χ1) is 7.60. The average molecular weight is 226 g/mol. The van der Waals surface area contributed by atoms with Crippen molar-refractivity contribution in [3.63, 3.8) is 0 Å². The number of aliphatic hydroxyl groups excluding tert-OH is 1. The molecule has 0 saturated carbocycles. The second-order valence-corrected chi connectivity index (χ2v) is 3.96. The highest BCUT2D eigenvalue weighted by Crippen LogP contribution is 2.22. The van der Waals surface area contributed by atoms with Crippen LogP contribution < -0.4 is 11.1 Å². The van der Waals surface area contributed by atoms with E-state index in [1.165, 1.54) is 0 Å². The van der Waals surface area contributed by atoms with Crippen LogP contribution in [-0.2, 0) is 13.5 Å². The monoisotopic (exact) mass is 226 g/mol. The molecule has 0 radical (unpaired) electrons. The number of nitrogens with one attached hydrogen (secondary N) is 1. The van der Waals surface area contributed by atoms with Crippen LogP contribution in [0.4, 0.5) is 11.5 Å². The number of aryl methyl sites for hydroxylation is 2. The first-order valence-electron chi connectivity index (χ1n) is 5.83. The van der Waals surface area contributed by atoms with E-state index in [2.05, 4.69) is 10.4 Å². The predicted octanol–water partition coefficient (Wildman–Crippen LogP) is 1.14. The fourth-order valence-corrected chi connectivity index (χ4v) is 1.63. The van der Waals surface area contributed by atoms with Gasteiger partial charge in [0, 0.05) is 13.6 Å². The van der Waals surface area contributed by atoms with Crippen LogP contribution in [0.2, 0.25) is 0 Å². The SMILES string of the molecule is CCc1nn(C)c(NCCC(O)CC)c1N. The minimum Gasteiger partial charge on any atom is -0.394 e. The third-order valence-corrected chi connectivity index (χ3v) is 2.74. The zero-order chi connectivity index (χ0) is 12.1. The van der Waals surface area contributed by atoms with Crippen LogP contribution in [0.3, 0.4) is 0 Å². The summed E-state index contributed by atoms with van der Waals surface area (Å²) in [5.41, 5.74) is 7.59. The summed E-state index contributed by atoms with van der Waals surface area (Å²) in [6.07, 6.45) is 2.09. The normalized spacial score (nSPS) is 12.8. The molecule has 92 valence electrons. The minimum atomic E-state index is -0.243. The Kier molecular flexibility index (Phi) is 4.61. The van der Waals surface area contributed by atoms with Gasteiger partial charge in [-0.05, 0) is 19.3 Å². The molecule has 1 aromatic heterocycles. The van der Waals surface area contributed by atoms with Gasteiger partial charge in [0.1, 0.15) is 5.82 Å². The Morgan fingerprint density at radius 1 is 1.50 bits per heavy atom. The van der Waals surface area contributed by atoms with E-state index in [9.17, 15) is 5.11 Å². The number of hydrogen-bond donors (Lipinski definition) is 3. The lowest BCUT2D eigenvalue weighted by Crippen LogP contribution is -2.14. The minimum absolute atomic E-state index is 0.243. The number of nitrogen functional groups attached to an aromatic ring is 1. The van der Waals surface area contributed by atoms with E-state index in [0.29, 0.717) is 6.54 Å². The van der Waals surface area contributed by atoms with Crippen molar-refractivity contribution < 1.29 is 5.11 Å². The summed E-state index contributed by atoms with van der Waals surface area (Å²) in [5.74, 6) is 0.847. The summed E-state index contributed by atoms with van der Waals surface area (Å²) in [6.45, 7) is 4.71. The summed E-state index contributed by atoms with van der Waals surface area (Å²) >= 11 is 0. The molecule has 1 atom stereocenters. The van der Waals surface area contributed by atoms with Crippen LogP contribution in [0, 0.1) is 0 Å². The molecule has 0 aromatic carbocycles. The third-order valence-electron chi connectivity index (χ3n) is 2.74. The van der Waals surface area contributed by atoms with Gasteiger partial charge in [0.05, 0.1) is 17.5 Å². The molecule has 5 heteroatoms. The summed E-state index contributed by atoms with van der Waals surface area (Å²) in [7, 11) is 1.87. The largest absolute Gasteiger partial charge is 0.394 e. The van der Waals surface area contributed by atoms with Crippen LogP contribution in [0.1, 0.15) is 32.4 Å². The number of rotatable bonds is 6. The molecule has 16 heavy (non-hydrogen) atoms. The van der Waals surface area contributed by atoms with Crippen LogP contribution in [0.5, 0.6) is 0 Å². The molecule has 0 fully saturated rings. The van der Waals surface area contributed by atoms with E-state index < -0.39 is 0 Å². The Balaban J connectivity index is 2.56. The molecule has 0 aliphatic heterocycles. The van der Waals surface area contributed by atoms with Gasteiger partial charge in [-0.1, -0.05) is 13.8 Å². The smallest absolute Gasteiger partial charge is 0.147 e. The van der Waals surface area contributed by atoms with Gasteiger partial charge >= 0.3 is 0 Å². The molecule has 0 spiro atoms. The highest BCUT2D eigenvalue weighted by Gasteiger charge is 2.11. The molecule has 1 unspecified atom stereocenters. The Labute approximate surface area is 96.6 Å². The lowest BCUT2D eigenvalue weighted by Gasteiger charge is -2.10. The maximum absolute atomic E-state index is 9.43. The number of anilines is 2. The number of nitrogens with zero attached hydrogens (tertiary/aromatic N) is 2. The molecule has 0 aliphatic rings. The molecule has 1 aromatic rings. The molecule has 1 heterocycles. The fourth-order valence-electron chi connectivity index (χ4n) is 1.63. The lowest BCUT2D eigenvalue weighted by molar-refractivity contribution is 0.164. The van der Waals surface area contributed by atoms with E-state index in [1.807, 2.05) is 20.9 Å². The molecule has 1 rings (SSSR count). The number of aliphatic hydroxyl groups is 1. The van der Waals surface area contributed by atoms with E-state index in [0.717, 1.165) is 36.5 Å². The topological polar surface area (TPSA) is 76.1 Å². The van der Waals surface area contributed by atoms with Gasteiger partial charge in [0.25, 0.3) is 0 Å². The maximum Gasteiger partial charge on any atom is 0.147 e. The van der Waals surface area contributed by atoms with Crippen LogP contribution in [0.15, 0.2) is 0 Å². The highest BCUT2D eigenvalue weighted by molar-refractivity contribution is 5.64. The van der Waals surface area contributed by atoms with Gasteiger partial charge in [-0.15, -0.1) is 0 Å². The molecule has 0 bridgehead atoms. The first kappa shape index (κ1) is 12.8. The van der Waals surface area contributed by atoms with Gasteiger partial charge < -0.3 is 16.2 Å². The third kappa shape index (κ3) is 2.88. The summed E-state index contributed by atoms with van der Waals surface area (Å²) in [6, 6.07) is 0. The van der Waals surface area contributed by atoms with Crippen molar-refractivity contribution in [3.05, 3.63) is 5.69 Å². The zero-order valence-electron chi connectivity index (χ0n) is 10.3. The number of nitrogens with two attached hydrogens (primary N) is 1. The first-order valence-corrected chi connectivity index (χ1v) is 5.83. The summed E-state index contributed by atoms with van der Waals surface area (Å²) in [4.78, 5) is 0. The Morgan fingerprint density at radius 2 is 2.19 bits per heavy atom. The molecule has 0 saturated heterocycles. The fraction of sp³-hybridized carbons (Fsp3) is 0.727. The Bertz CT molecular complexity index is 335. The quantitative estimate of drug-likeness (QED) is 0.680. The van der Waals surface area contributed by atoms with Gasteiger partial charge in [-0.3, -0.25) is 4.68 Å². The number of hydrogen-bond acceptors (Lipinski definition) is 4. The van der Waals surface area contributed by atoms with E-state index in [4.69, 9.17) is 5.73 Å². The lowest BCUT2D eigenvalue weighted by atomic mass is 10.2. The standard InChI is InChI=1S/C11H22N4O/c1-4-8(16)6-7-13-11-10(12)9(5-2)14-15(11)3/h8,13,16H,4-7,12H2,1-3H3. The van der Waals surface area contributed by atoms with Crippen molar-refractivity contribution in [2.24, 2.45) is 7.05 Å². The second kappa shape index (κ2) is 5.75. The van der Waals surface area contributed by atoms with E-state index in [1.54, 1.807) is 4.68 Å². The van der Waals surface area contributed by atoms with E-state index >= 15 is 0 Å². The molecule has 4 N–H and O–H groups in total. The summed E-state index contributed by atoms with van der Waals surface area (Å²) < 4.78 is 1.76. The average Bonchev–Trinajstić information content (AvgIpc) is 2.55. The van der Waals surface area contributed by atoms with Gasteiger partial charge in [0.2, 0.25) is 0 Å². The van der Waals surface area contributed by atoms with Crippen molar-refractivity contribution in [1.82, 2.24) is 9.78 Å². The van der Waals surface area contributed by atoms with Crippen LogP contribution in [-0.4, -0.2) is 27.5 Å². The van der Waals surface area contributed by atoms with Crippen molar-refractivity contribution in [2.75, 3.05) is 17.6 Å². The molecule has 5 nitrogen and oxygen atoms in total. The van der Waals surface area contributed by atoms with Crippen molar-refractivity contribution in [3.8, 4) is 0 Å². The Hall–Kier alpha value is -1.23. The molecule has 0 aliphatic carbocycles. The van der Waals surface area contributed by atoms with Crippen molar-refractivity contribution >= 4 is 11.5 Å². The van der Waals surface area contributed by atoms with Gasteiger partial charge in [-0.25, -0.2) is 0 Å². The van der Waals surface area contributed by atoms with Crippen molar-refractivity contribution in [1.29, 1.82) is 0 Å². The highest BCUT2D eigenvalue weighted by atomic mass is 16.3. The van der Waals surface area contributed by atoms with Gasteiger partial charge in [-0.2, -0.15) is 5.10 Å². The summed E-state index contributed by atoms with van der Waals surface area (Å²) in [5, 5.41) is 17.0. The number of aromatic nitrogens is 2. The second-order valence-electron chi connectivity index (χ2n) is 3.96. The molecule has 0 amide bonds. The van der Waals surface area contributed by atoms with Crippen LogP contribution in [0.25, 0.3) is 0 Å². The van der Waals surface area contributed by atoms with E-state index in [-0.39, 0.29) is 6.10 Å². The maximum atomic E-state index is 9.43. The van der Waals surface area contributed by atoms with Gasteiger partial charge in [0.15, 0.2) is 0 Å². The predicted molar refractivity (Wildman–Crippen MR) is 66.4 cm³/mol. The molecular weight excluding hydrogens is 204 g/mol. The van der Waals surface area contributed by atoms with Crippen molar-refractivity contribution in [2.45, 2.75) is 39.2 Å².